The summed E-state index contributed by atoms with van der Waals surface area (Å²) < 4.78 is 2.31. The molecule has 0 saturated heterocycles. The molecule has 2 heterocycles. The standard InChI is InChI=1S/C30H31N3O2/c1-3-28(34)23-13-14-27-26(19-23)32-30(25-12-4-5-15-31-25)33(27)24-11-7-9-21(17-24)18-29(35)22-10-6-8-20(2)16-22/h4-6,8,10,12-16,19,21,24H,3,7,9,11,17-18H2,1-2H3/t21-,24+/m0/s1. The lowest BCUT2D eigenvalue weighted by molar-refractivity contribution is 0.0940. The number of Topliss-reactive ketones (excluding diaryl/α,β-unsaturated/α-hetero) is 2. The Morgan fingerprint density at radius 2 is 1.83 bits per heavy atom. The van der Waals surface area contributed by atoms with E-state index < -0.39 is 0 Å². The average Bonchev–Trinajstić information content (AvgIpc) is 3.28. The van der Waals surface area contributed by atoms with Crippen LogP contribution in [0.15, 0.2) is 66.9 Å². The normalized spacial score (nSPS) is 18.0. The lowest BCUT2D eigenvalue weighted by atomic mass is 9.81. The molecule has 1 saturated carbocycles. The fourth-order valence-electron chi connectivity index (χ4n) is 5.40. The van der Waals surface area contributed by atoms with Gasteiger partial charge in [-0.05, 0) is 68.5 Å². The van der Waals surface area contributed by atoms with Crippen LogP contribution in [0.3, 0.4) is 0 Å². The van der Waals surface area contributed by atoms with Gasteiger partial charge in [-0.2, -0.15) is 0 Å². The number of carbonyl (C=O) groups is 2. The molecule has 0 N–H and O–H groups in total. The number of hydrogen-bond acceptors (Lipinski definition) is 4. The summed E-state index contributed by atoms with van der Waals surface area (Å²) in [5, 5.41) is 0. The number of carbonyl (C=O) groups excluding carboxylic acids is 2. The molecule has 178 valence electrons. The van der Waals surface area contributed by atoms with Gasteiger partial charge in [0.25, 0.3) is 0 Å². The first-order valence-electron chi connectivity index (χ1n) is 12.6. The molecule has 4 aromatic rings. The summed E-state index contributed by atoms with van der Waals surface area (Å²) in [6.07, 6.45) is 6.93. The number of imidazole rings is 1. The minimum Gasteiger partial charge on any atom is -0.320 e. The Balaban J connectivity index is 1.48. The van der Waals surface area contributed by atoms with Crippen LogP contribution in [0.5, 0.6) is 0 Å². The summed E-state index contributed by atoms with van der Waals surface area (Å²) >= 11 is 0. The Bertz CT molecular complexity index is 1370. The van der Waals surface area contributed by atoms with Crippen molar-refractivity contribution >= 4 is 22.6 Å². The van der Waals surface area contributed by atoms with Gasteiger partial charge in [0.1, 0.15) is 5.69 Å². The first-order chi connectivity index (χ1) is 17.0. The Labute approximate surface area is 206 Å². The van der Waals surface area contributed by atoms with Crippen molar-refractivity contribution in [1.29, 1.82) is 0 Å². The second-order valence-corrected chi connectivity index (χ2v) is 9.68. The molecule has 2 aromatic heterocycles. The predicted molar refractivity (Wildman–Crippen MR) is 139 cm³/mol. The highest BCUT2D eigenvalue weighted by Crippen LogP contribution is 2.39. The highest BCUT2D eigenvalue weighted by atomic mass is 16.1. The number of aromatic nitrogens is 3. The Morgan fingerprint density at radius 3 is 2.60 bits per heavy atom. The molecule has 1 fully saturated rings. The topological polar surface area (TPSA) is 64.8 Å². The van der Waals surface area contributed by atoms with Crippen LogP contribution in [0, 0.1) is 12.8 Å². The SMILES string of the molecule is CCC(=O)c1ccc2c(c1)nc(-c1ccccn1)n2[C@@H]1CCC[C@H](CC(=O)c2cccc(C)c2)C1. The van der Waals surface area contributed by atoms with Gasteiger partial charge in [0.15, 0.2) is 17.4 Å². The largest absolute Gasteiger partial charge is 0.320 e. The molecule has 5 rings (SSSR count). The molecule has 2 aromatic carbocycles. The maximum absolute atomic E-state index is 13.0. The Hall–Kier alpha value is -3.60. The molecule has 1 aliphatic carbocycles. The van der Waals surface area contributed by atoms with Crippen molar-refractivity contribution in [3.63, 3.8) is 0 Å². The third-order valence-corrected chi connectivity index (χ3v) is 7.16. The van der Waals surface area contributed by atoms with Crippen LogP contribution in [0.1, 0.15) is 77.8 Å². The van der Waals surface area contributed by atoms with Crippen LogP contribution in [0.25, 0.3) is 22.6 Å². The Kier molecular flexibility index (Phi) is 6.58. The molecule has 0 aliphatic heterocycles. The van der Waals surface area contributed by atoms with Crippen LogP contribution in [-0.2, 0) is 0 Å². The first kappa shape index (κ1) is 23.2. The van der Waals surface area contributed by atoms with Crippen LogP contribution < -0.4 is 0 Å². The number of aryl methyl sites for hydroxylation is 1. The molecule has 1 aliphatic rings. The minimum absolute atomic E-state index is 0.119. The van der Waals surface area contributed by atoms with Crippen molar-refractivity contribution in [3.05, 3.63) is 83.6 Å². The van der Waals surface area contributed by atoms with Crippen molar-refractivity contribution in [3.8, 4) is 11.5 Å². The van der Waals surface area contributed by atoms with Gasteiger partial charge in [0, 0.05) is 36.2 Å². The molecule has 0 spiro atoms. The van der Waals surface area contributed by atoms with Crippen LogP contribution in [0.2, 0.25) is 0 Å². The van der Waals surface area contributed by atoms with Gasteiger partial charge in [-0.25, -0.2) is 4.98 Å². The van der Waals surface area contributed by atoms with Gasteiger partial charge >= 0.3 is 0 Å². The quantitative estimate of drug-likeness (QED) is 0.276. The third-order valence-electron chi connectivity index (χ3n) is 7.16. The summed E-state index contributed by atoms with van der Waals surface area (Å²) in [5.74, 6) is 1.50. The number of pyridine rings is 1. The van der Waals surface area contributed by atoms with E-state index in [2.05, 4.69) is 9.55 Å². The molecule has 2 atom stereocenters. The van der Waals surface area contributed by atoms with E-state index in [1.807, 2.05) is 74.5 Å². The van der Waals surface area contributed by atoms with E-state index >= 15 is 0 Å². The molecule has 0 amide bonds. The summed E-state index contributed by atoms with van der Waals surface area (Å²) in [7, 11) is 0. The summed E-state index contributed by atoms with van der Waals surface area (Å²) in [4.78, 5) is 34.9. The van der Waals surface area contributed by atoms with Crippen LogP contribution in [-0.4, -0.2) is 26.1 Å². The summed E-state index contributed by atoms with van der Waals surface area (Å²) in [5.41, 5.74) is 5.29. The van der Waals surface area contributed by atoms with Crippen molar-refractivity contribution in [1.82, 2.24) is 14.5 Å². The number of nitrogens with zero attached hydrogens (tertiary/aromatic N) is 3. The van der Waals surface area contributed by atoms with Gasteiger partial charge in [-0.15, -0.1) is 0 Å². The van der Waals surface area contributed by atoms with E-state index in [-0.39, 0.29) is 17.6 Å². The lowest BCUT2D eigenvalue weighted by Gasteiger charge is -2.31. The predicted octanol–water partition coefficient (Wildman–Crippen LogP) is 7.00. The van der Waals surface area contributed by atoms with Gasteiger partial charge < -0.3 is 4.57 Å². The fraction of sp³-hybridized carbons (Fsp3) is 0.333. The molecule has 0 unspecified atom stereocenters. The van der Waals surface area contributed by atoms with Gasteiger partial charge in [-0.1, -0.05) is 43.2 Å². The van der Waals surface area contributed by atoms with Crippen molar-refractivity contribution in [2.24, 2.45) is 5.92 Å². The maximum Gasteiger partial charge on any atom is 0.163 e. The molecule has 0 radical (unpaired) electrons. The van der Waals surface area contributed by atoms with Crippen LogP contribution >= 0.6 is 0 Å². The monoisotopic (exact) mass is 465 g/mol. The first-order valence-corrected chi connectivity index (χ1v) is 12.6. The summed E-state index contributed by atoms with van der Waals surface area (Å²) in [6, 6.07) is 19.8. The Morgan fingerprint density at radius 1 is 0.971 bits per heavy atom. The van der Waals surface area contributed by atoms with E-state index in [1.165, 1.54) is 0 Å². The van der Waals surface area contributed by atoms with E-state index in [1.54, 1.807) is 6.20 Å². The van der Waals surface area contributed by atoms with E-state index in [4.69, 9.17) is 4.98 Å². The second-order valence-electron chi connectivity index (χ2n) is 9.68. The van der Waals surface area contributed by atoms with Crippen molar-refractivity contribution in [2.45, 2.75) is 58.4 Å². The lowest BCUT2D eigenvalue weighted by Crippen LogP contribution is -2.22. The smallest absolute Gasteiger partial charge is 0.163 e. The molecule has 0 bridgehead atoms. The molecular weight excluding hydrogens is 434 g/mol. The molecule has 5 nitrogen and oxygen atoms in total. The number of rotatable bonds is 7. The fourth-order valence-corrected chi connectivity index (χ4v) is 5.40. The molecule has 35 heavy (non-hydrogen) atoms. The zero-order valence-corrected chi connectivity index (χ0v) is 20.4. The van der Waals surface area contributed by atoms with Crippen LogP contribution in [0.4, 0.5) is 0 Å². The average molecular weight is 466 g/mol. The number of ketones is 2. The van der Waals surface area contributed by atoms with Gasteiger partial charge in [0.2, 0.25) is 0 Å². The highest BCUT2D eigenvalue weighted by molar-refractivity contribution is 5.99. The van der Waals surface area contributed by atoms with Gasteiger partial charge in [-0.3, -0.25) is 14.6 Å². The number of benzene rings is 2. The minimum atomic E-state index is 0.119. The van der Waals surface area contributed by atoms with Crippen molar-refractivity contribution in [2.75, 3.05) is 0 Å². The third kappa shape index (κ3) is 4.81. The zero-order chi connectivity index (χ0) is 24.4. The number of hydrogen-bond donors (Lipinski definition) is 0. The van der Waals surface area contributed by atoms with E-state index in [0.717, 1.165) is 59.4 Å². The maximum atomic E-state index is 13.0. The van der Waals surface area contributed by atoms with E-state index in [9.17, 15) is 9.59 Å². The zero-order valence-electron chi connectivity index (χ0n) is 20.4. The number of fused-ring (bicyclic) bond motifs is 1. The highest BCUT2D eigenvalue weighted by Gasteiger charge is 2.29. The molecule has 5 heteroatoms. The van der Waals surface area contributed by atoms with Gasteiger partial charge in [0.05, 0.1) is 11.0 Å². The molecular formula is C30H31N3O2. The van der Waals surface area contributed by atoms with Crippen molar-refractivity contribution < 1.29 is 9.59 Å². The second kappa shape index (κ2) is 9.95. The van der Waals surface area contributed by atoms with E-state index in [0.29, 0.717) is 24.3 Å². The summed E-state index contributed by atoms with van der Waals surface area (Å²) in [6.45, 7) is 3.90.